The van der Waals surface area contributed by atoms with Crippen LogP contribution in [0.4, 0.5) is 0 Å². The Hall–Kier alpha value is -1.10. The first-order valence-electron chi connectivity index (χ1n) is 6.11. The predicted octanol–water partition coefficient (Wildman–Crippen LogP) is 0.726. The molecule has 4 nitrogen and oxygen atoms in total. The van der Waals surface area contributed by atoms with Gasteiger partial charge in [-0.2, -0.15) is 0 Å². The van der Waals surface area contributed by atoms with Crippen molar-refractivity contribution in [2.75, 3.05) is 32.8 Å². The molecule has 0 aliphatic carbocycles. The maximum Gasteiger partial charge on any atom is 0.119 e. The van der Waals surface area contributed by atoms with Crippen LogP contribution < -0.4 is 5.73 Å². The van der Waals surface area contributed by atoms with Crippen LogP contribution in [-0.4, -0.2) is 42.9 Å². The van der Waals surface area contributed by atoms with E-state index in [-0.39, 0.29) is 0 Å². The molecule has 1 aliphatic rings. The second-order valence-corrected chi connectivity index (χ2v) is 4.32. The van der Waals surface area contributed by atoms with Crippen LogP contribution in [0.15, 0.2) is 18.2 Å². The molecule has 1 fully saturated rings. The van der Waals surface area contributed by atoms with Crippen molar-refractivity contribution in [3.63, 3.8) is 0 Å². The number of nitrogens with zero attached hydrogens (tertiary/aromatic N) is 1. The Bertz CT molecular complexity index is 362. The maximum absolute atomic E-state index is 9.85. The Labute approximate surface area is 102 Å². The van der Waals surface area contributed by atoms with Crippen molar-refractivity contribution in [1.29, 1.82) is 0 Å². The summed E-state index contributed by atoms with van der Waals surface area (Å²) in [4.78, 5) is 2.36. The number of phenolic OH excluding ortho intramolecular Hbond substituents is 1. The Kier molecular flexibility index (Phi) is 4.36. The summed E-state index contributed by atoms with van der Waals surface area (Å²) in [6, 6.07) is 5.55. The largest absolute Gasteiger partial charge is 0.508 e. The molecule has 0 atom stereocenters. The average molecular weight is 236 g/mol. The van der Waals surface area contributed by atoms with Crippen LogP contribution in [0.3, 0.4) is 0 Å². The third kappa shape index (κ3) is 3.19. The van der Waals surface area contributed by atoms with Gasteiger partial charge in [-0.05, 0) is 23.6 Å². The van der Waals surface area contributed by atoms with Gasteiger partial charge in [0.1, 0.15) is 5.75 Å². The van der Waals surface area contributed by atoms with Crippen molar-refractivity contribution in [1.82, 2.24) is 4.90 Å². The summed E-state index contributed by atoms with van der Waals surface area (Å²) in [6.45, 7) is 5.01. The van der Waals surface area contributed by atoms with E-state index in [2.05, 4.69) is 4.90 Å². The number of hydrogen-bond donors (Lipinski definition) is 2. The molecule has 94 valence electrons. The molecule has 1 aromatic rings. The molecular weight excluding hydrogens is 216 g/mol. The number of nitrogens with two attached hydrogens (primary N) is 1. The highest BCUT2D eigenvalue weighted by atomic mass is 16.5. The normalized spacial score (nSPS) is 17.2. The molecule has 1 aromatic carbocycles. The first-order valence-corrected chi connectivity index (χ1v) is 6.11. The molecule has 4 heteroatoms. The highest BCUT2D eigenvalue weighted by Crippen LogP contribution is 2.21. The number of aromatic hydroxyl groups is 1. The van der Waals surface area contributed by atoms with Gasteiger partial charge < -0.3 is 15.6 Å². The summed E-state index contributed by atoms with van der Waals surface area (Å²) in [5.74, 6) is 0.362. The standard InChI is InChI=1S/C13H20N2O2/c14-10-11-2-1-3-13(16)12(11)4-5-15-6-8-17-9-7-15/h1-3,16H,4-10,14H2. The molecule has 0 amide bonds. The summed E-state index contributed by atoms with van der Waals surface area (Å²) < 4.78 is 5.31. The van der Waals surface area contributed by atoms with Gasteiger partial charge in [-0.3, -0.25) is 4.90 Å². The highest BCUT2D eigenvalue weighted by molar-refractivity contribution is 5.39. The van der Waals surface area contributed by atoms with Gasteiger partial charge in [0.15, 0.2) is 0 Å². The average Bonchev–Trinajstić information content (AvgIpc) is 2.38. The van der Waals surface area contributed by atoms with Gasteiger partial charge in [0, 0.05) is 26.2 Å². The second-order valence-electron chi connectivity index (χ2n) is 4.32. The lowest BCUT2D eigenvalue weighted by atomic mass is 10.0. The molecule has 0 radical (unpaired) electrons. The fourth-order valence-corrected chi connectivity index (χ4v) is 2.20. The molecule has 3 N–H and O–H groups in total. The summed E-state index contributed by atoms with van der Waals surface area (Å²) in [5, 5.41) is 9.85. The van der Waals surface area contributed by atoms with Crippen LogP contribution in [-0.2, 0) is 17.7 Å². The molecule has 0 spiro atoms. The molecule has 0 unspecified atom stereocenters. The fourth-order valence-electron chi connectivity index (χ4n) is 2.20. The Balaban J connectivity index is 1.97. The van der Waals surface area contributed by atoms with Gasteiger partial charge in [0.2, 0.25) is 0 Å². The van der Waals surface area contributed by atoms with Crippen molar-refractivity contribution in [2.24, 2.45) is 5.73 Å². The monoisotopic (exact) mass is 236 g/mol. The quantitative estimate of drug-likeness (QED) is 0.809. The van der Waals surface area contributed by atoms with E-state index in [0.717, 1.165) is 50.4 Å². The van der Waals surface area contributed by atoms with E-state index in [4.69, 9.17) is 10.5 Å². The van der Waals surface area contributed by atoms with Gasteiger partial charge in [-0.1, -0.05) is 12.1 Å². The van der Waals surface area contributed by atoms with Crippen molar-refractivity contribution < 1.29 is 9.84 Å². The number of ether oxygens (including phenoxy) is 1. The zero-order valence-corrected chi connectivity index (χ0v) is 10.1. The third-order valence-corrected chi connectivity index (χ3v) is 3.25. The molecule has 1 heterocycles. The van der Waals surface area contributed by atoms with Crippen LogP contribution in [0.5, 0.6) is 5.75 Å². The third-order valence-electron chi connectivity index (χ3n) is 3.25. The number of phenols is 1. The maximum atomic E-state index is 9.85. The van der Waals surface area contributed by atoms with Crippen molar-refractivity contribution in [3.05, 3.63) is 29.3 Å². The first-order chi connectivity index (χ1) is 8.31. The van der Waals surface area contributed by atoms with E-state index >= 15 is 0 Å². The minimum atomic E-state index is 0.362. The SMILES string of the molecule is NCc1cccc(O)c1CCN1CCOCC1. The van der Waals surface area contributed by atoms with Crippen LogP contribution >= 0.6 is 0 Å². The smallest absolute Gasteiger partial charge is 0.119 e. The van der Waals surface area contributed by atoms with Gasteiger partial charge in [0.25, 0.3) is 0 Å². The van der Waals surface area contributed by atoms with E-state index in [1.54, 1.807) is 6.07 Å². The zero-order chi connectivity index (χ0) is 12.1. The predicted molar refractivity (Wildman–Crippen MR) is 67.0 cm³/mol. The summed E-state index contributed by atoms with van der Waals surface area (Å²) in [6.07, 6.45) is 0.846. The van der Waals surface area contributed by atoms with E-state index in [9.17, 15) is 5.11 Å². The molecule has 0 saturated carbocycles. The van der Waals surface area contributed by atoms with Crippen LogP contribution in [0.2, 0.25) is 0 Å². The van der Waals surface area contributed by atoms with E-state index in [1.807, 2.05) is 12.1 Å². The van der Waals surface area contributed by atoms with E-state index in [1.165, 1.54) is 0 Å². The van der Waals surface area contributed by atoms with Crippen molar-refractivity contribution in [2.45, 2.75) is 13.0 Å². The Morgan fingerprint density at radius 3 is 2.76 bits per heavy atom. The van der Waals surface area contributed by atoms with Crippen LogP contribution in [0.25, 0.3) is 0 Å². The molecular formula is C13H20N2O2. The lowest BCUT2D eigenvalue weighted by molar-refractivity contribution is 0.0384. The lowest BCUT2D eigenvalue weighted by Crippen LogP contribution is -2.37. The fraction of sp³-hybridized carbons (Fsp3) is 0.538. The number of hydrogen-bond acceptors (Lipinski definition) is 4. The zero-order valence-electron chi connectivity index (χ0n) is 10.1. The Morgan fingerprint density at radius 1 is 1.29 bits per heavy atom. The van der Waals surface area contributed by atoms with E-state index < -0.39 is 0 Å². The number of benzene rings is 1. The first kappa shape index (κ1) is 12.4. The molecule has 1 saturated heterocycles. The number of morpholine rings is 1. The summed E-state index contributed by atoms with van der Waals surface area (Å²) >= 11 is 0. The molecule has 17 heavy (non-hydrogen) atoms. The van der Waals surface area contributed by atoms with Crippen molar-refractivity contribution >= 4 is 0 Å². The van der Waals surface area contributed by atoms with E-state index in [0.29, 0.717) is 12.3 Å². The Morgan fingerprint density at radius 2 is 2.06 bits per heavy atom. The summed E-state index contributed by atoms with van der Waals surface area (Å²) in [5.41, 5.74) is 7.71. The number of rotatable bonds is 4. The van der Waals surface area contributed by atoms with Crippen LogP contribution in [0, 0.1) is 0 Å². The summed E-state index contributed by atoms with van der Waals surface area (Å²) in [7, 11) is 0. The molecule has 0 bridgehead atoms. The molecule has 0 aromatic heterocycles. The van der Waals surface area contributed by atoms with Gasteiger partial charge in [-0.15, -0.1) is 0 Å². The van der Waals surface area contributed by atoms with Crippen LogP contribution in [0.1, 0.15) is 11.1 Å². The van der Waals surface area contributed by atoms with Gasteiger partial charge in [-0.25, -0.2) is 0 Å². The molecule has 2 rings (SSSR count). The minimum absolute atomic E-state index is 0.362. The highest BCUT2D eigenvalue weighted by Gasteiger charge is 2.12. The second kappa shape index (κ2) is 6.00. The van der Waals surface area contributed by atoms with Gasteiger partial charge >= 0.3 is 0 Å². The van der Waals surface area contributed by atoms with Crippen molar-refractivity contribution in [3.8, 4) is 5.75 Å². The lowest BCUT2D eigenvalue weighted by Gasteiger charge is -2.26. The topological polar surface area (TPSA) is 58.7 Å². The van der Waals surface area contributed by atoms with Gasteiger partial charge in [0.05, 0.1) is 13.2 Å². The minimum Gasteiger partial charge on any atom is -0.508 e. The molecule has 1 aliphatic heterocycles.